The Bertz CT molecular complexity index is 545. The van der Waals surface area contributed by atoms with Gasteiger partial charge in [0.25, 0.3) is 0 Å². The summed E-state index contributed by atoms with van der Waals surface area (Å²) in [6.45, 7) is 1.86. The third-order valence-corrected chi connectivity index (χ3v) is 4.70. The largest absolute Gasteiger partial charge is 0.481 e. The molecule has 0 heterocycles. The zero-order valence-corrected chi connectivity index (χ0v) is 13.1. The summed E-state index contributed by atoms with van der Waals surface area (Å²) < 4.78 is 0. The Morgan fingerprint density at radius 3 is 2.43 bits per heavy atom. The molecule has 1 aromatic carbocycles. The van der Waals surface area contributed by atoms with Gasteiger partial charge in [-0.1, -0.05) is 30.9 Å². The molecule has 0 aromatic heterocycles. The number of rotatable bonds is 5. The second-order valence-corrected chi connectivity index (χ2v) is 6.63. The fourth-order valence-electron chi connectivity index (χ4n) is 3.41. The Balaban J connectivity index is 2.19. The molecule has 21 heavy (non-hydrogen) atoms. The quantitative estimate of drug-likeness (QED) is 0.806. The van der Waals surface area contributed by atoms with E-state index >= 15 is 0 Å². The van der Waals surface area contributed by atoms with Crippen molar-refractivity contribution < 1.29 is 14.7 Å². The predicted molar refractivity (Wildman–Crippen MR) is 82.9 cm³/mol. The van der Waals surface area contributed by atoms with Gasteiger partial charge in [0, 0.05) is 17.0 Å². The number of carbonyl (C=O) groups is 2. The van der Waals surface area contributed by atoms with Gasteiger partial charge in [-0.3, -0.25) is 9.59 Å². The second-order valence-electron chi connectivity index (χ2n) is 6.19. The Hall–Kier alpha value is -1.35. The van der Waals surface area contributed by atoms with Gasteiger partial charge >= 0.3 is 5.97 Å². The molecule has 1 aromatic rings. The molecule has 1 aliphatic rings. The standard InChI is InChI=1S/C17H21ClO3/c1-12-9-13(18)5-6-14(12)15(19)10-17(11-16(20)21)7-3-2-4-8-17/h5-6,9H,2-4,7-8,10-11H2,1H3,(H,20,21). The molecule has 4 heteroatoms. The molecule has 0 bridgehead atoms. The molecular formula is C17H21ClO3. The molecule has 3 nitrogen and oxygen atoms in total. The van der Waals surface area contributed by atoms with Crippen LogP contribution in [0.3, 0.4) is 0 Å². The number of carboxylic acids is 1. The summed E-state index contributed by atoms with van der Waals surface area (Å²) >= 11 is 5.92. The van der Waals surface area contributed by atoms with Crippen LogP contribution in [0, 0.1) is 12.3 Å². The summed E-state index contributed by atoms with van der Waals surface area (Å²) in [5, 5.41) is 9.79. The molecule has 0 saturated heterocycles. The van der Waals surface area contributed by atoms with Crippen LogP contribution in [-0.2, 0) is 4.79 Å². The van der Waals surface area contributed by atoms with Crippen LogP contribution in [0.5, 0.6) is 0 Å². The van der Waals surface area contributed by atoms with Crippen molar-refractivity contribution >= 4 is 23.4 Å². The molecule has 0 radical (unpaired) electrons. The Morgan fingerprint density at radius 1 is 1.19 bits per heavy atom. The SMILES string of the molecule is Cc1cc(Cl)ccc1C(=O)CC1(CC(=O)O)CCCCC1. The number of hydrogen-bond acceptors (Lipinski definition) is 2. The van der Waals surface area contributed by atoms with E-state index in [9.17, 15) is 14.7 Å². The fraction of sp³-hybridized carbons (Fsp3) is 0.529. The number of halogens is 1. The van der Waals surface area contributed by atoms with Crippen LogP contribution in [-0.4, -0.2) is 16.9 Å². The number of Topliss-reactive ketones (excluding diaryl/α,β-unsaturated/α-hetero) is 1. The van der Waals surface area contributed by atoms with Crippen molar-refractivity contribution in [1.29, 1.82) is 0 Å². The minimum Gasteiger partial charge on any atom is -0.481 e. The van der Waals surface area contributed by atoms with E-state index < -0.39 is 5.97 Å². The highest BCUT2D eigenvalue weighted by atomic mass is 35.5. The minimum atomic E-state index is -0.808. The van der Waals surface area contributed by atoms with E-state index in [0.717, 1.165) is 37.7 Å². The third-order valence-electron chi connectivity index (χ3n) is 4.46. The van der Waals surface area contributed by atoms with E-state index in [1.807, 2.05) is 6.92 Å². The monoisotopic (exact) mass is 308 g/mol. The van der Waals surface area contributed by atoms with Crippen molar-refractivity contribution in [1.82, 2.24) is 0 Å². The number of ketones is 1. The molecule has 114 valence electrons. The lowest BCUT2D eigenvalue weighted by atomic mass is 9.68. The van der Waals surface area contributed by atoms with E-state index in [0.29, 0.717) is 17.0 Å². The van der Waals surface area contributed by atoms with Gasteiger partial charge in [0.05, 0.1) is 6.42 Å². The molecule has 0 atom stereocenters. The van der Waals surface area contributed by atoms with Gasteiger partial charge in [-0.15, -0.1) is 0 Å². The van der Waals surface area contributed by atoms with E-state index in [1.54, 1.807) is 18.2 Å². The van der Waals surface area contributed by atoms with Gasteiger partial charge in [-0.05, 0) is 48.9 Å². The lowest BCUT2D eigenvalue weighted by Gasteiger charge is -2.35. The van der Waals surface area contributed by atoms with Gasteiger partial charge in [-0.2, -0.15) is 0 Å². The molecular weight excluding hydrogens is 288 g/mol. The highest BCUT2D eigenvalue weighted by Crippen LogP contribution is 2.43. The first-order valence-corrected chi connectivity index (χ1v) is 7.81. The van der Waals surface area contributed by atoms with Crippen molar-refractivity contribution in [2.45, 2.75) is 51.9 Å². The lowest BCUT2D eigenvalue weighted by molar-refractivity contribution is -0.140. The summed E-state index contributed by atoms with van der Waals surface area (Å²) in [5.41, 5.74) is 1.15. The van der Waals surface area contributed by atoms with Crippen LogP contribution in [0.4, 0.5) is 0 Å². The smallest absolute Gasteiger partial charge is 0.303 e. The number of hydrogen-bond donors (Lipinski definition) is 1. The summed E-state index contributed by atoms with van der Waals surface area (Å²) in [5.74, 6) is -0.773. The van der Waals surface area contributed by atoms with Crippen molar-refractivity contribution in [3.63, 3.8) is 0 Å². The molecule has 2 rings (SSSR count). The average Bonchev–Trinajstić information content (AvgIpc) is 2.38. The molecule has 1 saturated carbocycles. The molecule has 1 N–H and O–H groups in total. The second kappa shape index (κ2) is 6.61. The fourth-order valence-corrected chi connectivity index (χ4v) is 3.64. The first-order chi connectivity index (χ1) is 9.92. The maximum absolute atomic E-state index is 12.6. The topological polar surface area (TPSA) is 54.4 Å². The minimum absolute atomic E-state index is 0.0346. The first kappa shape index (κ1) is 16.0. The molecule has 0 aliphatic heterocycles. The van der Waals surface area contributed by atoms with E-state index in [1.165, 1.54) is 0 Å². The zero-order valence-electron chi connectivity index (χ0n) is 12.3. The number of aliphatic carboxylic acids is 1. The van der Waals surface area contributed by atoms with Gasteiger partial charge in [0.2, 0.25) is 0 Å². The van der Waals surface area contributed by atoms with Gasteiger partial charge in [0.1, 0.15) is 0 Å². The van der Waals surface area contributed by atoms with Gasteiger partial charge in [0.15, 0.2) is 5.78 Å². The molecule has 0 spiro atoms. The normalized spacial score (nSPS) is 17.4. The molecule has 1 fully saturated rings. The highest BCUT2D eigenvalue weighted by Gasteiger charge is 2.36. The maximum atomic E-state index is 12.6. The summed E-state index contributed by atoms with van der Waals surface area (Å²) in [6.07, 6.45) is 5.23. The number of carboxylic acid groups (broad SMARTS) is 1. The van der Waals surface area contributed by atoms with E-state index in [4.69, 9.17) is 11.6 Å². The number of aryl methyl sites for hydroxylation is 1. The van der Waals surface area contributed by atoms with E-state index in [2.05, 4.69) is 0 Å². The maximum Gasteiger partial charge on any atom is 0.303 e. The third kappa shape index (κ3) is 4.07. The highest BCUT2D eigenvalue weighted by molar-refractivity contribution is 6.30. The van der Waals surface area contributed by atoms with Crippen LogP contribution in [0.1, 0.15) is 60.9 Å². The van der Waals surface area contributed by atoms with Crippen molar-refractivity contribution in [2.24, 2.45) is 5.41 Å². The number of carbonyl (C=O) groups excluding carboxylic acids is 1. The van der Waals surface area contributed by atoms with Gasteiger partial charge < -0.3 is 5.11 Å². The van der Waals surface area contributed by atoms with Crippen LogP contribution in [0.15, 0.2) is 18.2 Å². The van der Waals surface area contributed by atoms with Crippen LogP contribution in [0.2, 0.25) is 5.02 Å². The zero-order chi connectivity index (χ0) is 15.5. The Labute approximate surface area is 130 Å². The average molecular weight is 309 g/mol. The van der Waals surface area contributed by atoms with E-state index in [-0.39, 0.29) is 17.6 Å². The predicted octanol–water partition coefficient (Wildman–Crippen LogP) is 4.65. The Morgan fingerprint density at radius 2 is 1.86 bits per heavy atom. The molecule has 0 amide bonds. The van der Waals surface area contributed by atoms with Crippen LogP contribution in [0.25, 0.3) is 0 Å². The molecule has 1 aliphatic carbocycles. The van der Waals surface area contributed by atoms with Crippen LogP contribution >= 0.6 is 11.6 Å². The van der Waals surface area contributed by atoms with Crippen molar-refractivity contribution in [3.05, 3.63) is 34.3 Å². The molecule has 0 unspecified atom stereocenters. The lowest BCUT2D eigenvalue weighted by Crippen LogP contribution is -2.30. The summed E-state index contributed by atoms with van der Waals surface area (Å²) in [6, 6.07) is 5.24. The number of benzene rings is 1. The van der Waals surface area contributed by atoms with Crippen molar-refractivity contribution in [3.8, 4) is 0 Å². The summed E-state index contributed by atoms with van der Waals surface area (Å²) in [4.78, 5) is 23.8. The van der Waals surface area contributed by atoms with Crippen molar-refractivity contribution in [2.75, 3.05) is 0 Å². The first-order valence-electron chi connectivity index (χ1n) is 7.43. The van der Waals surface area contributed by atoms with Gasteiger partial charge in [-0.25, -0.2) is 0 Å². The van der Waals surface area contributed by atoms with Crippen LogP contribution < -0.4 is 0 Å². The summed E-state index contributed by atoms with van der Waals surface area (Å²) in [7, 11) is 0. The Kier molecular flexibility index (Phi) is 5.04.